The number of thiocarbonyl (C=S) groups is 1. The number of hydrogen-bond acceptors (Lipinski definition) is 7. The number of hydrogen-bond donors (Lipinski definition) is 3. The van der Waals surface area contributed by atoms with E-state index in [0.29, 0.717) is 21.6 Å². The number of aryl methyl sites for hydroxylation is 1. The maximum Gasteiger partial charge on any atom is 0.341 e. The molecule has 0 saturated heterocycles. The van der Waals surface area contributed by atoms with E-state index < -0.39 is 0 Å². The van der Waals surface area contributed by atoms with Crippen molar-refractivity contribution in [1.82, 2.24) is 10.2 Å². The lowest BCUT2D eigenvalue weighted by Crippen LogP contribution is -2.20. The van der Waals surface area contributed by atoms with E-state index in [1.54, 1.807) is 23.5 Å². The third-order valence-electron chi connectivity index (χ3n) is 4.59. The van der Waals surface area contributed by atoms with Gasteiger partial charge < -0.3 is 20.7 Å². The van der Waals surface area contributed by atoms with Crippen molar-refractivity contribution in [3.63, 3.8) is 0 Å². The second kappa shape index (κ2) is 8.95. The van der Waals surface area contributed by atoms with Gasteiger partial charge in [-0.2, -0.15) is 0 Å². The predicted molar refractivity (Wildman–Crippen MR) is 124 cm³/mol. The van der Waals surface area contributed by atoms with Gasteiger partial charge in [-0.05, 0) is 73.4 Å². The molecular formula is C20H18ClN5O2S2. The molecule has 0 atom stereocenters. The average molecular weight is 460 g/mol. The molecule has 1 aliphatic carbocycles. The maximum atomic E-state index is 12.3. The predicted octanol–water partition coefficient (Wildman–Crippen LogP) is 5.02. The molecule has 0 saturated carbocycles. The van der Waals surface area contributed by atoms with Crippen molar-refractivity contribution in [2.24, 2.45) is 0 Å². The summed E-state index contributed by atoms with van der Waals surface area (Å²) in [5.74, 6) is 0.263. The summed E-state index contributed by atoms with van der Waals surface area (Å²) in [7, 11) is 1.40. The number of ether oxygens (including phenoxy) is 1. The summed E-state index contributed by atoms with van der Waals surface area (Å²) in [6, 6.07) is 11.0. The Hall–Kier alpha value is -2.75. The van der Waals surface area contributed by atoms with Gasteiger partial charge in [0.25, 0.3) is 0 Å². The summed E-state index contributed by atoms with van der Waals surface area (Å²) in [4.78, 5) is 13.5. The van der Waals surface area contributed by atoms with Gasteiger partial charge in [-0.25, -0.2) is 4.79 Å². The van der Waals surface area contributed by atoms with Crippen LogP contribution < -0.4 is 16.0 Å². The smallest absolute Gasteiger partial charge is 0.341 e. The van der Waals surface area contributed by atoms with Gasteiger partial charge >= 0.3 is 5.97 Å². The lowest BCUT2D eigenvalue weighted by Gasteiger charge is -2.12. The Morgan fingerprint density at radius 1 is 1.10 bits per heavy atom. The van der Waals surface area contributed by atoms with E-state index >= 15 is 0 Å². The molecule has 0 spiro atoms. The molecule has 0 bridgehead atoms. The van der Waals surface area contributed by atoms with Crippen LogP contribution in [0.2, 0.25) is 5.15 Å². The second-order valence-electron chi connectivity index (χ2n) is 6.58. The highest BCUT2D eigenvalue weighted by atomic mass is 35.5. The molecule has 0 radical (unpaired) electrons. The molecule has 4 rings (SSSR count). The van der Waals surface area contributed by atoms with E-state index in [9.17, 15) is 4.79 Å². The number of esters is 1. The van der Waals surface area contributed by atoms with E-state index in [1.807, 2.05) is 24.3 Å². The molecule has 0 aliphatic heterocycles. The average Bonchev–Trinajstić information content (AvgIpc) is 3.31. The van der Waals surface area contributed by atoms with Gasteiger partial charge in [0, 0.05) is 16.3 Å². The van der Waals surface area contributed by atoms with Gasteiger partial charge in [0.15, 0.2) is 16.1 Å². The molecule has 30 heavy (non-hydrogen) atoms. The van der Waals surface area contributed by atoms with Gasteiger partial charge in [0.1, 0.15) is 5.00 Å². The highest BCUT2D eigenvalue weighted by Gasteiger charge is 2.27. The highest BCUT2D eigenvalue weighted by Crippen LogP contribution is 2.39. The van der Waals surface area contributed by atoms with Crippen molar-refractivity contribution in [3.05, 3.63) is 57.6 Å². The van der Waals surface area contributed by atoms with E-state index in [0.717, 1.165) is 41.2 Å². The van der Waals surface area contributed by atoms with E-state index in [1.165, 1.54) is 12.0 Å². The molecule has 1 aliphatic rings. The zero-order valence-electron chi connectivity index (χ0n) is 16.0. The van der Waals surface area contributed by atoms with Crippen molar-refractivity contribution in [3.8, 4) is 0 Å². The SMILES string of the molecule is COC(=O)c1c(NC(=S)Nc2ccc(Nc3ccc(Cl)nn3)cc2)sc2c1CCC2. The number of nitrogens with one attached hydrogen (secondary N) is 3. The van der Waals surface area contributed by atoms with Gasteiger partial charge in [-0.15, -0.1) is 21.5 Å². The Bertz CT molecular complexity index is 1080. The molecule has 10 heteroatoms. The Kier molecular flexibility index (Phi) is 6.12. The van der Waals surface area contributed by atoms with E-state index in [4.69, 9.17) is 28.6 Å². The van der Waals surface area contributed by atoms with E-state index in [2.05, 4.69) is 26.1 Å². The van der Waals surface area contributed by atoms with Crippen LogP contribution in [0, 0.1) is 0 Å². The number of carbonyl (C=O) groups excluding carboxylic acids is 1. The number of anilines is 4. The number of methoxy groups -OCH3 is 1. The Balaban J connectivity index is 1.41. The minimum Gasteiger partial charge on any atom is -0.465 e. The van der Waals surface area contributed by atoms with Crippen LogP contribution in [0.1, 0.15) is 27.2 Å². The standard InChI is InChI=1S/C20H18ClN5O2S2/c1-28-19(27)17-13-3-2-4-14(13)30-18(17)24-20(29)23-12-7-5-11(6-8-12)22-16-10-9-15(21)25-26-16/h5-10H,2-4H2,1H3,(H,22,26)(H2,23,24,29). The normalized spacial score (nSPS) is 12.2. The first-order valence-electron chi connectivity index (χ1n) is 9.20. The van der Waals surface area contributed by atoms with Crippen LogP contribution in [0.5, 0.6) is 0 Å². The monoisotopic (exact) mass is 459 g/mol. The minimum atomic E-state index is -0.333. The molecule has 154 valence electrons. The summed E-state index contributed by atoms with van der Waals surface area (Å²) in [5, 5.41) is 18.7. The minimum absolute atomic E-state index is 0.333. The molecule has 0 unspecified atom stereocenters. The first kappa shape index (κ1) is 20.5. The van der Waals surface area contributed by atoms with Gasteiger partial charge in [-0.3, -0.25) is 0 Å². The topological polar surface area (TPSA) is 88.2 Å². The zero-order valence-corrected chi connectivity index (χ0v) is 18.4. The van der Waals surface area contributed by atoms with Crippen molar-refractivity contribution < 1.29 is 9.53 Å². The molecule has 3 N–H and O–H groups in total. The van der Waals surface area contributed by atoms with Crippen molar-refractivity contribution in [1.29, 1.82) is 0 Å². The molecule has 2 aromatic heterocycles. The molecule has 0 amide bonds. The number of fused-ring (bicyclic) bond motifs is 1. The van der Waals surface area contributed by atoms with Crippen LogP contribution in [0.3, 0.4) is 0 Å². The number of nitrogens with zero attached hydrogens (tertiary/aromatic N) is 2. The molecule has 2 heterocycles. The van der Waals surface area contributed by atoms with Crippen LogP contribution in [0.15, 0.2) is 36.4 Å². The summed E-state index contributed by atoms with van der Waals surface area (Å²) in [5.41, 5.74) is 3.34. The maximum absolute atomic E-state index is 12.3. The van der Waals surface area contributed by atoms with Crippen LogP contribution in [-0.2, 0) is 17.6 Å². The fourth-order valence-electron chi connectivity index (χ4n) is 3.24. The fourth-order valence-corrected chi connectivity index (χ4v) is 4.91. The van der Waals surface area contributed by atoms with Crippen molar-refractivity contribution in [2.75, 3.05) is 23.1 Å². The van der Waals surface area contributed by atoms with Gasteiger partial charge in [0.05, 0.1) is 12.7 Å². The highest BCUT2D eigenvalue weighted by molar-refractivity contribution is 7.80. The Morgan fingerprint density at radius 2 is 1.87 bits per heavy atom. The summed E-state index contributed by atoms with van der Waals surface area (Å²) in [6.45, 7) is 0. The number of thiophene rings is 1. The number of aromatic nitrogens is 2. The molecular weight excluding hydrogens is 442 g/mol. The van der Waals surface area contributed by atoms with Crippen molar-refractivity contribution in [2.45, 2.75) is 19.3 Å². The quantitative estimate of drug-likeness (QED) is 0.362. The second-order valence-corrected chi connectivity index (χ2v) is 8.48. The lowest BCUT2D eigenvalue weighted by atomic mass is 10.1. The molecule has 7 nitrogen and oxygen atoms in total. The first-order chi connectivity index (χ1) is 14.5. The van der Waals surface area contributed by atoms with Crippen LogP contribution in [-0.4, -0.2) is 28.4 Å². The fraction of sp³-hybridized carbons (Fsp3) is 0.200. The summed E-state index contributed by atoms with van der Waals surface area (Å²) >= 11 is 12.8. The number of carbonyl (C=O) groups is 1. The van der Waals surface area contributed by atoms with Gasteiger partial charge in [-0.1, -0.05) is 11.6 Å². The first-order valence-corrected chi connectivity index (χ1v) is 10.8. The third kappa shape index (κ3) is 4.53. The number of halogens is 1. The van der Waals surface area contributed by atoms with Gasteiger partial charge in [0.2, 0.25) is 0 Å². The number of benzene rings is 1. The molecule has 0 fully saturated rings. The van der Waals surface area contributed by atoms with Crippen LogP contribution in [0.4, 0.5) is 22.2 Å². The largest absolute Gasteiger partial charge is 0.465 e. The molecule has 1 aromatic carbocycles. The van der Waals surface area contributed by atoms with E-state index in [-0.39, 0.29) is 5.97 Å². The van der Waals surface area contributed by atoms with Crippen LogP contribution in [0.25, 0.3) is 0 Å². The Morgan fingerprint density at radius 3 is 2.57 bits per heavy atom. The number of rotatable bonds is 5. The lowest BCUT2D eigenvalue weighted by molar-refractivity contribution is 0.0601. The molecule has 3 aromatic rings. The third-order valence-corrected chi connectivity index (χ3v) is 6.20. The Labute approximate surface area is 187 Å². The van der Waals surface area contributed by atoms with Crippen molar-refractivity contribution >= 4 is 68.4 Å². The van der Waals surface area contributed by atoms with Crippen LogP contribution >= 0.6 is 35.2 Å². The summed E-state index contributed by atoms with van der Waals surface area (Å²) in [6.07, 6.45) is 2.94. The summed E-state index contributed by atoms with van der Waals surface area (Å²) < 4.78 is 4.97. The zero-order chi connectivity index (χ0) is 21.1.